The van der Waals surface area contributed by atoms with Crippen LogP contribution in [0.3, 0.4) is 0 Å². The third-order valence-corrected chi connectivity index (χ3v) is 3.84. The zero-order valence-electron chi connectivity index (χ0n) is 14.3. The number of aromatic nitrogens is 3. The molecule has 2 heterocycles. The molecule has 0 fully saturated rings. The molecule has 0 radical (unpaired) electrons. The Morgan fingerprint density at radius 2 is 1.92 bits per heavy atom. The molecule has 2 N–H and O–H groups in total. The lowest BCUT2D eigenvalue weighted by atomic mass is 10.2. The van der Waals surface area contributed by atoms with Gasteiger partial charge in [-0.2, -0.15) is 5.10 Å². The number of amides is 1. The van der Waals surface area contributed by atoms with E-state index in [1.165, 1.54) is 17.7 Å². The van der Waals surface area contributed by atoms with Crippen molar-refractivity contribution in [2.75, 3.05) is 11.9 Å². The molecule has 1 aromatic carbocycles. The first-order valence-corrected chi connectivity index (χ1v) is 8.16. The van der Waals surface area contributed by atoms with Gasteiger partial charge >= 0.3 is 0 Å². The summed E-state index contributed by atoms with van der Waals surface area (Å²) in [5.74, 6) is 0.438. The molecule has 0 aliphatic rings. The Morgan fingerprint density at radius 3 is 2.65 bits per heavy atom. The van der Waals surface area contributed by atoms with Crippen LogP contribution in [0.15, 0.2) is 65.6 Å². The molecule has 7 nitrogen and oxygen atoms in total. The minimum Gasteiger partial charge on any atom is -0.355 e. The molecule has 0 saturated heterocycles. The monoisotopic (exact) mass is 349 g/mol. The van der Waals surface area contributed by atoms with Crippen LogP contribution in [0.2, 0.25) is 0 Å². The quantitative estimate of drug-likeness (QED) is 0.707. The molecule has 0 atom stereocenters. The van der Waals surface area contributed by atoms with E-state index < -0.39 is 0 Å². The molecule has 26 heavy (non-hydrogen) atoms. The van der Waals surface area contributed by atoms with Gasteiger partial charge in [-0.25, -0.2) is 10.1 Å². The first-order valence-electron chi connectivity index (χ1n) is 8.16. The number of H-pyrrole nitrogens is 1. The van der Waals surface area contributed by atoms with Gasteiger partial charge in [-0.3, -0.25) is 9.59 Å². The van der Waals surface area contributed by atoms with Gasteiger partial charge in [-0.05, 0) is 17.7 Å². The van der Waals surface area contributed by atoms with Crippen molar-refractivity contribution in [3.05, 3.63) is 88.0 Å². The van der Waals surface area contributed by atoms with E-state index in [2.05, 4.69) is 32.6 Å². The number of rotatable bonds is 6. The number of anilines is 1. The Hall–Kier alpha value is -3.48. The summed E-state index contributed by atoms with van der Waals surface area (Å²) in [5, 5.41) is 8.78. The Morgan fingerprint density at radius 1 is 1.12 bits per heavy atom. The van der Waals surface area contributed by atoms with Crippen molar-refractivity contribution in [3.63, 3.8) is 0 Å². The van der Waals surface area contributed by atoms with E-state index in [0.717, 1.165) is 11.4 Å². The average molecular weight is 349 g/mol. The zero-order chi connectivity index (χ0) is 18.4. The number of hydrogen-bond acceptors (Lipinski definition) is 5. The molecule has 0 aliphatic carbocycles. The van der Waals surface area contributed by atoms with E-state index in [-0.39, 0.29) is 17.2 Å². The summed E-state index contributed by atoms with van der Waals surface area (Å²) < 4.78 is 0. The Kier molecular flexibility index (Phi) is 5.38. The van der Waals surface area contributed by atoms with Gasteiger partial charge in [-0.15, -0.1) is 0 Å². The van der Waals surface area contributed by atoms with Crippen molar-refractivity contribution in [2.24, 2.45) is 0 Å². The van der Waals surface area contributed by atoms with E-state index >= 15 is 0 Å². The van der Waals surface area contributed by atoms with Crippen LogP contribution in [-0.4, -0.2) is 28.1 Å². The fourth-order valence-corrected chi connectivity index (χ4v) is 2.58. The summed E-state index contributed by atoms with van der Waals surface area (Å²) in [6.45, 7) is 1.02. The normalized spacial score (nSPS) is 10.3. The van der Waals surface area contributed by atoms with Crippen molar-refractivity contribution < 1.29 is 4.79 Å². The van der Waals surface area contributed by atoms with Gasteiger partial charge < -0.3 is 10.2 Å². The van der Waals surface area contributed by atoms with E-state index in [1.807, 2.05) is 42.3 Å². The molecule has 0 unspecified atom stereocenters. The van der Waals surface area contributed by atoms with Gasteiger partial charge in [-0.1, -0.05) is 36.4 Å². The maximum Gasteiger partial charge on any atom is 0.271 e. The van der Waals surface area contributed by atoms with Gasteiger partial charge in [0.05, 0.1) is 0 Å². The SMILES string of the molecule is CN(Cc1ccccc1)c1ncccc1CNC(=O)c1ccc(=O)[nH]n1. The van der Waals surface area contributed by atoms with Crippen LogP contribution < -0.4 is 15.8 Å². The minimum absolute atomic E-state index is 0.160. The van der Waals surface area contributed by atoms with Gasteiger partial charge in [0.1, 0.15) is 11.5 Å². The highest BCUT2D eigenvalue weighted by molar-refractivity contribution is 5.92. The molecule has 3 aromatic rings. The summed E-state index contributed by atoms with van der Waals surface area (Å²) in [7, 11) is 1.96. The fourth-order valence-electron chi connectivity index (χ4n) is 2.58. The Balaban J connectivity index is 1.69. The summed E-state index contributed by atoms with van der Waals surface area (Å²) in [4.78, 5) is 29.7. The molecule has 0 aliphatic heterocycles. The van der Waals surface area contributed by atoms with Crippen LogP contribution in [0, 0.1) is 0 Å². The van der Waals surface area contributed by atoms with Crippen molar-refractivity contribution in [2.45, 2.75) is 13.1 Å². The molecular formula is C19H19N5O2. The average Bonchev–Trinajstić information content (AvgIpc) is 2.67. The molecule has 3 rings (SSSR count). The van der Waals surface area contributed by atoms with Gasteiger partial charge in [0.2, 0.25) is 0 Å². The summed E-state index contributed by atoms with van der Waals surface area (Å²) >= 11 is 0. The first-order chi connectivity index (χ1) is 12.6. The van der Waals surface area contributed by atoms with Crippen molar-refractivity contribution in [1.82, 2.24) is 20.5 Å². The van der Waals surface area contributed by atoms with E-state index in [4.69, 9.17) is 0 Å². The lowest BCUT2D eigenvalue weighted by molar-refractivity contribution is 0.0945. The highest BCUT2D eigenvalue weighted by Crippen LogP contribution is 2.18. The Labute approximate surface area is 150 Å². The lowest BCUT2D eigenvalue weighted by Gasteiger charge is -2.21. The fraction of sp³-hybridized carbons (Fsp3) is 0.158. The number of nitrogens with one attached hydrogen (secondary N) is 2. The summed E-state index contributed by atoms with van der Waals surface area (Å²) in [6, 6.07) is 16.5. The number of benzene rings is 1. The maximum atomic E-state index is 12.2. The van der Waals surface area contributed by atoms with Gasteiger partial charge in [0.15, 0.2) is 0 Å². The second-order valence-electron chi connectivity index (χ2n) is 5.82. The van der Waals surface area contributed by atoms with Crippen molar-refractivity contribution in [3.8, 4) is 0 Å². The molecule has 2 aromatic heterocycles. The highest BCUT2D eigenvalue weighted by Gasteiger charge is 2.12. The molecule has 0 saturated carbocycles. The molecule has 1 amide bonds. The number of nitrogens with zero attached hydrogens (tertiary/aromatic N) is 3. The van der Waals surface area contributed by atoms with Crippen LogP contribution in [0.1, 0.15) is 21.6 Å². The summed E-state index contributed by atoms with van der Waals surface area (Å²) in [6.07, 6.45) is 1.73. The number of carbonyl (C=O) groups excluding carboxylic acids is 1. The van der Waals surface area contributed by atoms with Gasteiger partial charge in [0.25, 0.3) is 11.5 Å². The van der Waals surface area contributed by atoms with Crippen LogP contribution in [0.5, 0.6) is 0 Å². The second-order valence-corrected chi connectivity index (χ2v) is 5.82. The molecule has 0 spiro atoms. The number of hydrogen-bond donors (Lipinski definition) is 2. The molecule has 7 heteroatoms. The molecule has 0 bridgehead atoms. The van der Waals surface area contributed by atoms with Crippen LogP contribution in [-0.2, 0) is 13.1 Å². The van der Waals surface area contributed by atoms with Gasteiger partial charge in [0, 0.05) is 38.0 Å². The van der Waals surface area contributed by atoms with E-state index in [9.17, 15) is 9.59 Å². The predicted octanol–water partition coefficient (Wildman–Crippen LogP) is 1.73. The topological polar surface area (TPSA) is 91.0 Å². The van der Waals surface area contributed by atoms with Crippen LogP contribution in [0.25, 0.3) is 0 Å². The van der Waals surface area contributed by atoms with E-state index in [0.29, 0.717) is 13.1 Å². The van der Waals surface area contributed by atoms with Crippen molar-refractivity contribution in [1.29, 1.82) is 0 Å². The standard InChI is InChI=1S/C19H19N5O2/c1-24(13-14-6-3-2-4-7-14)18-15(8-5-11-20-18)12-21-19(26)16-9-10-17(25)23-22-16/h2-11H,12-13H2,1H3,(H,21,26)(H,23,25). The minimum atomic E-state index is -0.359. The third kappa shape index (κ3) is 4.32. The third-order valence-electron chi connectivity index (χ3n) is 3.84. The molecule has 132 valence electrons. The van der Waals surface area contributed by atoms with Crippen LogP contribution in [0.4, 0.5) is 5.82 Å². The first kappa shape index (κ1) is 17.3. The number of pyridine rings is 1. The van der Waals surface area contributed by atoms with Crippen molar-refractivity contribution >= 4 is 11.7 Å². The summed E-state index contributed by atoms with van der Waals surface area (Å²) in [5.41, 5.74) is 1.88. The molecular weight excluding hydrogens is 330 g/mol. The Bertz CT molecular complexity index is 919. The van der Waals surface area contributed by atoms with Crippen LogP contribution >= 0.6 is 0 Å². The smallest absolute Gasteiger partial charge is 0.271 e. The number of aromatic amines is 1. The maximum absolute atomic E-state index is 12.2. The second kappa shape index (κ2) is 8.06. The number of carbonyl (C=O) groups is 1. The highest BCUT2D eigenvalue weighted by atomic mass is 16.2. The zero-order valence-corrected chi connectivity index (χ0v) is 14.3. The largest absolute Gasteiger partial charge is 0.355 e. The predicted molar refractivity (Wildman–Crippen MR) is 98.8 cm³/mol. The lowest BCUT2D eigenvalue weighted by Crippen LogP contribution is -2.27. The van der Waals surface area contributed by atoms with E-state index in [1.54, 1.807) is 6.20 Å².